The maximum absolute atomic E-state index is 11.4. The Morgan fingerprint density at radius 3 is 2.76 bits per heavy atom. The Hall–Kier alpha value is -1.10. The number of piperidine rings is 1. The standard InChI is InChI=1S/C12H21N3O2/c1-15-8-10(4-5-12(15)17)13-7-6-11(16)14-9-2-3-9/h9-10,13H,2-8H2,1H3,(H,14,16). The lowest BCUT2D eigenvalue weighted by Gasteiger charge is -2.30. The summed E-state index contributed by atoms with van der Waals surface area (Å²) in [5, 5.41) is 6.31. The second kappa shape index (κ2) is 5.49. The summed E-state index contributed by atoms with van der Waals surface area (Å²) in [6.07, 6.45) is 4.30. The van der Waals surface area contributed by atoms with Gasteiger partial charge in [-0.05, 0) is 19.3 Å². The van der Waals surface area contributed by atoms with Crippen molar-refractivity contribution in [1.82, 2.24) is 15.5 Å². The first-order chi connectivity index (χ1) is 8.15. The van der Waals surface area contributed by atoms with E-state index in [9.17, 15) is 9.59 Å². The minimum absolute atomic E-state index is 0.139. The Morgan fingerprint density at radius 1 is 1.35 bits per heavy atom. The van der Waals surface area contributed by atoms with E-state index in [0.717, 1.165) is 25.8 Å². The van der Waals surface area contributed by atoms with Crippen molar-refractivity contribution < 1.29 is 9.59 Å². The number of carbonyl (C=O) groups excluding carboxylic acids is 2. The van der Waals surface area contributed by atoms with Gasteiger partial charge in [0.15, 0.2) is 0 Å². The Morgan fingerprint density at radius 2 is 2.12 bits per heavy atom. The fraction of sp³-hybridized carbons (Fsp3) is 0.833. The van der Waals surface area contributed by atoms with Crippen LogP contribution in [-0.4, -0.2) is 48.9 Å². The van der Waals surface area contributed by atoms with E-state index in [1.165, 1.54) is 0 Å². The number of amides is 2. The summed E-state index contributed by atoms with van der Waals surface area (Å²) in [5.41, 5.74) is 0. The van der Waals surface area contributed by atoms with Gasteiger partial charge in [-0.25, -0.2) is 0 Å². The van der Waals surface area contributed by atoms with Gasteiger partial charge in [-0.15, -0.1) is 0 Å². The molecule has 5 heteroatoms. The van der Waals surface area contributed by atoms with E-state index in [0.29, 0.717) is 31.5 Å². The molecule has 0 radical (unpaired) electrons. The molecule has 2 aliphatic rings. The number of nitrogens with zero attached hydrogens (tertiary/aromatic N) is 1. The van der Waals surface area contributed by atoms with E-state index in [1.807, 2.05) is 7.05 Å². The van der Waals surface area contributed by atoms with Crippen LogP contribution in [0.1, 0.15) is 32.1 Å². The summed E-state index contributed by atoms with van der Waals surface area (Å²) < 4.78 is 0. The van der Waals surface area contributed by atoms with Crippen LogP contribution in [0, 0.1) is 0 Å². The highest BCUT2D eigenvalue weighted by atomic mass is 16.2. The molecule has 1 heterocycles. The normalized spacial score (nSPS) is 24.9. The summed E-state index contributed by atoms with van der Waals surface area (Å²) in [7, 11) is 1.83. The van der Waals surface area contributed by atoms with Crippen LogP contribution in [0.4, 0.5) is 0 Å². The first kappa shape index (κ1) is 12.4. The number of rotatable bonds is 5. The average molecular weight is 239 g/mol. The van der Waals surface area contributed by atoms with E-state index in [-0.39, 0.29) is 11.8 Å². The van der Waals surface area contributed by atoms with Crippen molar-refractivity contribution >= 4 is 11.8 Å². The third kappa shape index (κ3) is 4.00. The van der Waals surface area contributed by atoms with E-state index < -0.39 is 0 Å². The molecular formula is C12H21N3O2. The zero-order valence-electron chi connectivity index (χ0n) is 10.4. The summed E-state index contributed by atoms with van der Waals surface area (Å²) >= 11 is 0. The first-order valence-electron chi connectivity index (χ1n) is 6.42. The second-order valence-electron chi connectivity index (χ2n) is 5.06. The third-order valence-electron chi connectivity index (χ3n) is 3.35. The molecule has 2 N–H and O–H groups in total. The maximum atomic E-state index is 11.4. The molecule has 1 saturated carbocycles. The highest BCUT2D eigenvalue weighted by Gasteiger charge is 2.24. The van der Waals surface area contributed by atoms with E-state index in [1.54, 1.807) is 4.90 Å². The molecule has 1 saturated heterocycles. The molecule has 0 aromatic heterocycles. The molecule has 0 aromatic carbocycles. The summed E-state index contributed by atoms with van der Waals surface area (Å²) in [4.78, 5) is 24.5. The van der Waals surface area contributed by atoms with Crippen molar-refractivity contribution in [2.24, 2.45) is 0 Å². The molecule has 2 fully saturated rings. The highest BCUT2D eigenvalue weighted by Crippen LogP contribution is 2.18. The van der Waals surface area contributed by atoms with Gasteiger partial charge in [0.25, 0.3) is 0 Å². The van der Waals surface area contributed by atoms with Crippen molar-refractivity contribution in [1.29, 1.82) is 0 Å². The topological polar surface area (TPSA) is 61.4 Å². The number of hydrogen-bond acceptors (Lipinski definition) is 3. The second-order valence-corrected chi connectivity index (χ2v) is 5.06. The minimum atomic E-state index is 0.139. The first-order valence-corrected chi connectivity index (χ1v) is 6.42. The molecule has 1 aliphatic heterocycles. The van der Waals surface area contributed by atoms with Crippen molar-refractivity contribution in [3.8, 4) is 0 Å². The lowest BCUT2D eigenvalue weighted by Crippen LogP contribution is -2.47. The van der Waals surface area contributed by atoms with Crippen molar-refractivity contribution in [3.63, 3.8) is 0 Å². The lowest BCUT2D eigenvalue weighted by atomic mass is 10.1. The molecule has 0 bridgehead atoms. The summed E-state index contributed by atoms with van der Waals surface area (Å²) in [6.45, 7) is 1.45. The van der Waals surface area contributed by atoms with E-state index in [4.69, 9.17) is 0 Å². The van der Waals surface area contributed by atoms with Gasteiger partial charge in [0.1, 0.15) is 0 Å². The average Bonchev–Trinajstić information content (AvgIpc) is 3.07. The van der Waals surface area contributed by atoms with Crippen molar-refractivity contribution in [3.05, 3.63) is 0 Å². The molecular weight excluding hydrogens is 218 g/mol. The van der Waals surface area contributed by atoms with Crippen LogP contribution in [0.25, 0.3) is 0 Å². The van der Waals surface area contributed by atoms with Crippen molar-refractivity contribution in [2.45, 2.75) is 44.2 Å². The Kier molecular flexibility index (Phi) is 3.99. The molecule has 96 valence electrons. The fourth-order valence-electron chi connectivity index (χ4n) is 2.10. The predicted octanol–water partition coefficient (Wildman–Crippen LogP) is -0.134. The van der Waals surface area contributed by atoms with Gasteiger partial charge in [-0.2, -0.15) is 0 Å². The van der Waals surface area contributed by atoms with Gasteiger partial charge in [0.2, 0.25) is 11.8 Å². The zero-order chi connectivity index (χ0) is 12.3. The molecule has 2 amide bonds. The summed E-state index contributed by atoms with van der Waals surface area (Å²) in [5.74, 6) is 0.356. The molecule has 1 aliphatic carbocycles. The van der Waals surface area contributed by atoms with Crippen LogP contribution in [0.15, 0.2) is 0 Å². The molecule has 0 spiro atoms. The maximum Gasteiger partial charge on any atom is 0.222 e. The molecule has 17 heavy (non-hydrogen) atoms. The van der Waals surface area contributed by atoms with Crippen molar-refractivity contribution in [2.75, 3.05) is 20.1 Å². The third-order valence-corrected chi connectivity index (χ3v) is 3.35. The fourth-order valence-corrected chi connectivity index (χ4v) is 2.10. The minimum Gasteiger partial charge on any atom is -0.353 e. The van der Waals surface area contributed by atoms with Crippen LogP contribution in [0.2, 0.25) is 0 Å². The number of carbonyl (C=O) groups is 2. The molecule has 0 aromatic rings. The van der Waals surface area contributed by atoms with Crippen LogP contribution >= 0.6 is 0 Å². The van der Waals surface area contributed by atoms with Gasteiger partial charge in [0, 0.05) is 45.1 Å². The van der Waals surface area contributed by atoms with Gasteiger partial charge < -0.3 is 15.5 Å². The van der Waals surface area contributed by atoms with Crippen LogP contribution in [0.5, 0.6) is 0 Å². The van der Waals surface area contributed by atoms with E-state index in [2.05, 4.69) is 10.6 Å². The number of hydrogen-bond donors (Lipinski definition) is 2. The molecule has 1 atom stereocenters. The number of nitrogens with one attached hydrogen (secondary N) is 2. The van der Waals surface area contributed by atoms with Gasteiger partial charge >= 0.3 is 0 Å². The van der Waals surface area contributed by atoms with E-state index >= 15 is 0 Å². The zero-order valence-corrected chi connectivity index (χ0v) is 10.4. The Labute approximate surface area is 102 Å². The van der Waals surface area contributed by atoms with Crippen LogP contribution < -0.4 is 10.6 Å². The van der Waals surface area contributed by atoms with Gasteiger partial charge in [-0.1, -0.05) is 0 Å². The quantitative estimate of drug-likeness (QED) is 0.702. The largest absolute Gasteiger partial charge is 0.353 e. The summed E-state index contributed by atoms with van der Waals surface area (Å²) in [6, 6.07) is 0.785. The number of likely N-dealkylation sites (N-methyl/N-ethyl adjacent to an activating group) is 1. The van der Waals surface area contributed by atoms with Crippen LogP contribution in [-0.2, 0) is 9.59 Å². The monoisotopic (exact) mass is 239 g/mol. The SMILES string of the molecule is CN1CC(NCCC(=O)NC2CC2)CCC1=O. The smallest absolute Gasteiger partial charge is 0.222 e. The molecule has 2 rings (SSSR count). The van der Waals surface area contributed by atoms with Gasteiger partial charge in [-0.3, -0.25) is 9.59 Å². The number of likely N-dealkylation sites (tertiary alicyclic amines) is 1. The molecule has 1 unspecified atom stereocenters. The Bertz CT molecular complexity index is 302. The van der Waals surface area contributed by atoms with Crippen LogP contribution in [0.3, 0.4) is 0 Å². The Balaban J connectivity index is 1.58. The van der Waals surface area contributed by atoms with Gasteiger partial charge in [0.05, 0.1) is 0 Å². The highest BCUT2D eigenvalue weighted by molar-refractivity contribution is 5.77. The molecule has 5 nitrogen and oxygen atoms in total. The predicted molar refractivity (Wildman–Crippen MR) is 64.4 cm³/mol. The lowest BCUT2D eigenvalue weighted by molar-refractivity contribution is -0.132.